The van der Waals surface area contributed by atoms with Gasteiger partial charge in [-0.1, -0.05) is 152 Å². The van der Waals surface area contributed by atoms with Gasteiger partial charge in [-0.3, -0.25) is 0 Å². The van der Waals surface area contributed by atoms with Crippen molar-refractivity contribution >= 4 is 96.8 Å². The summed E-state index contributed by atoms with van der Waals surface area (Å²) in [4.78, 5) is 16.4. The van der Waals surface area contributed by atoms with Gasteiger partial charge < -0.3 is 8.98 Å². The Morgan fingerprint density at radius 3 is 1.92 bits per heavy atom. The van der Waals surface area contributed by atoms with Crippen LogP contribution in [0.25, 0.3) is 136 Å². The molecule has 0 saturated heterocycles. The fraction of sp³-hybridized carbons (Fsp3) is 0. The van der Waals surface area contributed by atoms with Crippen molar-refractivity contribution in [3.63, 3.8) is 0 Å². The Bertz CT molecular complexity index is 4260. The van der Waals surface area contributed by atoms with Crippen molar-refractivity contribution in [2.24, 2.45) is 0 Å². The van der Waals surface area contributed by atoms with Crippen LogP contribution in [0.5, 0.6) is 0 Å². The smallest absolute Gasteiger partial charge is 0.166 e. The third kappa shape index (κ3) is 5.54. The largest absolute Gasteiger partial charge is 0.454 e. The van der Waals surface area contributed by atoms with Crippen molar-refractivity contribution in [2.45, 2.75) is 0 Å². The van der Waals surface area contributed by atoms with Crippen LogP contribution in [-0.2, 0) is 0 Å². The summed E-state index contributed by atoms with van der Waals surface area (Å²) >= 11 is 1.78. The molecule has 4 heterocycles. The number of hydrogen-bond acceptors (Lipinski definition) is 5. The maximum absolute atomic E-state index is 7.04. The van der Waals surface area contributed by atoms with Crippen LogP contribution in [0.4, 0.5) is 0 Å². The first-order valence-electron chi connectivity index (χ1n) is 21.8. The number of rotatable bonds is 5. The molecule has 0 aliphatic carbocycles. The highest BCUT2D eigenvalue weighted by atomic mass is 32.1. The van der Waals surface area contributed by atoms with Gasteiger partial charge in [-0.25, -0.2) is 15.0 Å². The van der Waals surface area contributed by atoms with Crippen molar-refractivity contribution in [1.82, 2.24) is 19.5 Å². The molecule has 0 unspecified atom stereocenters. The topological polar surface area (TPSA) is 56.7 Å². The quantitative estimate of drug-likeness (QED) is 0.173. The number of nitrogens with zero attached hydrogens (tertiary/aromatic N) is 4. The second-order valence-corrected chi connectivity index (χ2v) is 17.8. The van der Waals surface area contributed by atoms with E-state index in [-0.39, 0.29) is 0 Å². The molecule has 65 heavy (non-hydrogen) atoms. The Morgan fingerprint density at radius 1 is 0.385 bits per heavy atom. The average molecular weight is 847 g/mol. The molecule has 302 valence electrons. The first-order chi connectivity index (χ1) is 32.2. The number of furan rings is 1. The molecule has 0 aliphatic heterocycles. The summed E-state index contributed by atoms with van der Waals surface area (Å²) in [7, 11) is 0. The van der Waals surface area contributed by atoms with Crippen LogP contribution in [0.2, 0.25) is 0 Å². The van der Waals surface area contributed by atoms with E-state index in [1.165, 1.54) is 42.4 Å². The van der Waals surface area contributed by atoms with Crippen molar-refractivity contribution in [2.75, 3.05) is 0 Å². The van der Waals surface area contributed by atoms with E-state index in [9.17, 15) is 0 Å². The molecule has 0 N–H and O–H groups in total. The summed E-state index contributed by atoms with van der Waals surface area (Å²) in [6.45, 7) is 0. The zero-order valence-electron chi connectivity index (χ0n) is 34.7. The highest BCUT2D eigenvalue weighted by Crippen LogP contribution is 2.46. The summed E-state index contributed by atoms with van der Waals surface area (Å²) in [6.07, 6.45) is 0. The van der Waals surface area contributed by atoms with Gasteiger partial charge in [0.2, 0.25) is 0 Å². The van der Waals surface area contributed by atoms with E-state index in [4.69, 9.17) is 19.4 Å². The molecular formula is C59H34N4OS. The van der Waals surface area contributed by atoms with Crippen LogP contribution in [0.15, 0.2) is 211 Å². The summed E-state index contributed by atoms with van der Waals surface area (Å²) < 4.78 is 11.8. The Hall–Kier alpha value is -8.45. The standard InChI is InChI=1S/C59H34N4OS/c1-2-14-35(15-3-1)37-19-12-20-40(32-37)57-60-58(62-59(61-57)47-25-13-24-45-43-23-9-11-27-52(43)65-56(45)47)46-30-29-44-42-22-8-10-26-51(42)64-55(44)54(46)63-49-31-28-36-16-6-7-21-41(36)53(49)48-33-38-17-4-5-18-39(38)34-50(48)63/h1-34H. The summed E-state index contributed by atoms with van der Waals surface area (Å²) in [6, 6.07) is 73.2. The van der Waals surface area contributed by atoms with E-state index in [0.29, 0.717) is 17.5 Å². The first kappa shape index (κ1) is 36.1. The second kappa shape index (κ2) is 14.0. The van der Waals surface area contributed by atoms with Crippen molar-refractivity contribution in [1.29, 1.82) is 0 Å². The summed E-state index contributed by atoms with van der Waals surface area (Å²) in [5.41, 5.74) is 9.54. The molecule has 0 amide bonds. The molecule has 0 saturated carbocycles. The maximum atomic E-state index is 7.04. The Morgan fingerprint density at radius 2 is 1.05 bits per heavy atom. The molecule has 0 spiro atoms. The van der Waals surface area contributed by atoms with Gasteiger partial charge in [0, 0.05) is 58.4 Å². The van der Waals surface area contributed by atoms with Crippen LogP contribution >= 0.6 is 11.3 Å². The van der Waals surface area contributed by atoms with Gasteiger partial charge in [0.25, 0.3) is 0 Å². The second-order valence-electron chi connectivity index (χ2n) is 16.7. The number of fused-ring (bicyclic) bond motifs is 12. The minimum absolute atomic E-state index is 0.558. The van der Waals surface area contributed by atoms with Crippen molar-refractivity contribution in [3.05, 3.63) is 206 Å². The van der Waals surface area contributed by atoms with E-state index < -0.39 is 0 Å². The molecule has 0 atom stereocenters. The predicted molar refractivity (Wildman–Crippen MR) is 271 cm³/mol. The predicted octanol–water partition coefficient (Wildman–Crippen LogP) is 16.2. The number of benzene rings is 10. The Labute approximate surface area is 376 Å². The lowest BCUT2D eigenvalue weighted by Gasteiger charge is -2.16. The third-order valence-electron chi connectivity index (χ3n) is 13.0. The molecule has 14 rings (SSSR count). The normalized spacial score (nSPS) is 12.0. The fourth-order valence-corrected chi connectivity index (χ4v) is 11.2. The molecule has 5 nitrogen and oxygen atoms in total. The fourth-order valence-electron chi connectivity index (χ4n) is 10.0. The van der Waals surface area contributed by atoms with E-state index in [1.54, 1.807) is 11.3 Å². The molecule has 4 aromatic heterocycles. The molecular weight excluding hydrogens is 813 g/mol. The van der Waals surface area contributed by atoms with Crippen LogP contribution in [0, 0.1) is 0 Å². The SMILES string of the molecule is c1ccc(-c2cccc(-c3nc(-c4ccc5c(oc6ccccc65)c4-n4c5cc6ccccc6cc5c5c6ccccc6ccc54)nc(-c4cccc5c4sc4ccccc45)n3)c2)cc1. The summed E-state index contributed by atoms with van der Waals surface area (Å²) in [5, 5.41) is 11.6. The molecule has 14 aromatic rings. The van der Waals surface area contributed by atoms with Crippen LogP contribution in [0.3, 0.4) is 0 Å². The minimum atomic E-state index is 0.558. The highest BCUT2D eigenvalue weighted by Gasteiger charge is 2.26. The van der Waals surface area contributed by atoms with E-state index >= 15 is 0 Å². The number of hydrogen-bond donors (Lipinski definition) is 0. The molecule has 0 aliphatic rings. The lowest BCUT2D eigenvalue weighted by atomic mass is 10.0. The molecule has 0 radical (unpaired) electrons. The third-order valence-corrected chi connectivity index (χ3v) is 14.2. The van der Waals surface area contributed by atoms with Crippen LogP contribution in [0.1, 0.15) is 0 Å². The monoisotopic (exact) mass is 846 g/mol. The van der Waals surface area contributed by atoms with E-state index in [2.05, 4.69) is 199 Å². The number of thiophene rings is 1. The zero-order chi connectivity index (χ0) is 42.6. The number of para-hydroxylation sites is 1. The van der Waals surface area contributed by atoms with Gasteiger partial charge in [0.1, 0.15) is 11.3 Å². The molecule has 0 bridgehead atoms. The highest BCUT2D eigenvalue weighted by molar-refractivity contribution is 7.26. The van der Waals surface area contributed by atoms with Crippen molar-refractivity contribution < 1.29 is 4.42 Å². The van der Waals surface area contributed by atoms with Crippen LogP contribution in [-0.4, -0.2) is 19.5 Å². The minimum Gasteiger partial charge on any atom is -0.454 e. The van der Waals surface area contributed by atoms with Gasteiger partial charge in [-0.05, 0) is 87.3 Å². The number of aromatic nitrogens is 4. The zero-order valence-corrected chi connectivity index (χ0v) is 35.6. The van der Waals surface area contributed by atoms with Gasteiger partial charge in [-0.15, -0.1) is 11.3 Å². The average Bonchev–Trinajstić information content (AvgIpc) is 4.05. The van der Waals surface area contributed by atoms with Gasteiger partial charge in [0.15, 0.2) is 23.1 Å². The molecule has 0 fully saturated rings. The Balaban J connectivity index is 1.12. The molecule has 6 heteroatoms. The maximum Gasteiger partial charge on any atom is 0.166 e. The van der Waals surface area contributed by atoms with Crippen molar-refractivity contribution in [3.8, 4) is 51.0 Å². The van der Waals surface area contributed by atoms with Gasteiger partial charge in [-0.2, -0.15) is 0 Å². The lowest BCUT2D eigenvalue weighted by molar-refractivity contribution is 0.666. The van der Waals surface area contributed by atoms with Crippen LogP contribution < -0.4 is 0 Å². The Kier molecular flexibility index (Phi) is 7.79. The molecule has 10 aromatic carbocycles. The van der Waals surface area contributed by atoms with Gasteiger partial charge >= 0.3 is 0 Å². The lowest BCUT2D eigenvalue weighted by Crippen LogP contribution is -2.04. The van der Waals surface area contributed by atoms with E-state index in [0.717, 1.165) is 76.6 Å². The first-order valence-corrected chi connectivity index (χ1v) is 22.7. The van der Waals surface area contributed by atoms with E-state index in [1.807, 2.05) is 12.1 Å². The van der Waals surface area contributed by atoms with Gasteiger partial charge in [0.05, 0.1) is 11.0 Å². The summed E-state index contributed by atoms with van der Waals surface area (Å²) in [5.74, 6) is 1.76.